The molecule has 1 fully saturated rings. The van der Waals surface area contributed by atoms with Crippen LogP contribution >= 0.6 is 24.8 Å². The van der Waals surface area contributed by atoms with E-state index in [0.717, 1.165) is 43.1 Å². The molecular formula is C15H25Cl2N5. The molecule has 0 atom stereocenters. The summed E-state index contributed by atoms with van der Waals surface area (Å²) in [6.07, 6.45) is 4.25. The average Bonchev–Trinajstić information content (AvgIpc) is 2.83. The maximum Gasteiger partial charge on any atom is 0.160 e. The van der Waals surface area contributed by atoms with Gasteiger partial charge in [0.15, 0.2) is 5.65 Å². The molecule has 0 aromatic carbocycles. The minimum Gasteiger partial charge on any atom is -0.367 e. The molecule has 0 saturated carbocycles. The average molecular weight is 346 g/mol. The fraction of sp³-hybridized carbons (Fsp3) is 0.600. The maximum absolute atomic E-state index is 4.66. The molecule has 5 nitrogen and oxygen atoms in total. The van der Waals surface area contributed by atoms with Crippen LogP contribution in [0.15, 0.2) is 12.3 Å². The first kappa shape index (κ1) is 19.0. The minimum atomic E-state index is 0. The van der Waals surface area contributed by atoms with Gasteiger partial charge in [0.05, 0.1) is 6.20 Å². The highest BCUT2D eigenvalue weighted by atomic mass is 35.5. The van der Waals surface area contributed by atoms with Crippen LogP contribution in [0.3, 0.4) is 0 Å². The summed E-state index contributed by atoms with van der Waals surface area (Å²) in [5.74, 6) is 1.50. The van der Waals surface area contributed by atoms with Crippen LogP contribution in [-0.4, -0.2) is 33.7 Å². The molecule has 0 aliphatic carbocycles. The Morgan fingerprint density at radius 3 is 2.59 bits per heavy atom. The van der Waals surface area contributed by atoms with E-state index in [0.29, 0.717) is 12.0 Å². The first-order valence-corrected chi connectivity index (χ1v) is 7.47. The summed E-state index contributed by atoms with van der Waals surface area (Å²) in [7, 11) is 0. The molecule has 2 aromatic heterocycles. The van der Waals surface area contributed by atoms with E-state index in [1.807, 2.05) is 17.6 Å². The second-order valence-electron chi connectivity index (χ2n) is 5.94. The van der Waals surface area contributed by atoms with Crippen LogP contribution in [-0.2, 0) is 0 Å². The highest BCUT2D eigenvalue weighted by Gasteiger charge is 2.17. The Bertz CT molecular complexity index is 605. The molecule has 124 valence electrons. The van der Waals surface area contributed by atoms with Gasteiger partial charge in [0, 0.05) is 23.4 Å². The van der Waals surface area contributed by atoms with Crippen molar-refractivity contribution in [3.63, 3.8) is 0 Å². The van der Waals surface area contributed by atoms with Gasteiger partial charge in [-0.1, -0.05) is 13.8 Å². The quantitative estimate of drug-likeness (QED) is 0.896. The Balaban J connectivity index is 0.00000121. The summed E-state index contributed by atoms with van der Waals surface area (Å²) in [4.78, 5) is 4.66. The lowest BCUT2D eigenvalue weighted by molar-refractivity contribution is 0.477. The van der Waals surface area contributed by atoms with Crippen LogP contribution in [0, 0.1) is 6.92 Å². The molecule has 0 radical (unpaired) electrons. The number of anilines is 1. The Kier molecular flexibility index (Phi) is 6.91. The minimum absolute atomic E-state index is 0. The molecule has 3 heterocycles. The van der Waals surface area contributed by atoms with Gasteiger partial charge in [-0.3, -0.25) is 0 Å². The van der Waals surface area contributed by atoms with Crippen LogP contribution in [0.2, 0.25) is 0 Å². The van der Waals surface area contributed by atoms with Gasteiger partial charge in [0.25, 0.3) is 0 Å². The highest BCUT2D eigenvalue weighted by molar-refractivity contribution is 5.85. The lowest BCUT2D eigenvalue weighted by atomic mass is 10.1. The number of piperidine rings is 1. The van der Waals surface area contributed by atoms with Crippen molar-refractivity contribution in [3.8, 4) is 0 Å². The molecule has 1 aliphatic heterocycles. The third-order valence-corrected chi connectivity index (χ3v) is 3.94. The number of fused-ring (bicyclic) bond motifs is 1. The topological polar surface area (TPSA) is 54.2 Å². The van der Waals surface area contributed by atoms with E-state index in [1.165, 1.54) is 5.56 Å². The fourth-order valence-corrected chi connectivity index (χ4v) is 2.79. The molecule has 2 N–H and O–H groups in total. The Morgan fingerprint density at radius 1 is 1.27 bits per heavy atom. The zero-order valence-electron chi connectivity index (χ0n) is 13.3. The van der Waals surface area contributed by atoms with Crippen LogP contribution in [0.4, 0.5) is 5.82 Å². The normalized spacial score (nSPS) is 15.5. The van der Waals surface area contributed by atoms with Crippen molar-refractivity contribution in [1.29, 1.82) is 0 Å². The molecule has 2 aromatic rings. The summed E-state index contributed by atoms with van der Waals surface area (Å²) < 4.78 is 1.95. The molecular weight excluding hydrogens is 321 g/mol. The van der Waals surface area contributed by atoms with Gasteiger partial charge in [0.2, 0.25) is 0 Å². The SMILES string of the molecule is Cc1cc(NC2CCNCC2)n2ncc(C(C)C)c2n1.Cl.Cl. The first-order chi connectivity index (χ1) is 9.65. The van der Waals surface area contributed by atoms with Crippen molar-refractivity contribution in [2.45, 2.75) is 45.6 Å². The van der Waals surface area contributed by atoms with Gasteiger partial charge in [-0.25, -0.2) is 4.98 Å². The first-order valence-electron chi connectivity index (χ1n) is 7.47. The summed E-state index contributed by atoms with van der Waals surface area (Å²) in [5, 5.41) is 11.6. The fourth-order valence-electron chi connectivity index (χ4n) is 2.79. The second kappa shape index (κ2) is 7.99. The van der Waals surface area contributed by atoms with E-state index >= 15 is 0 Å². The van der Waals surface area contributed by atoms with Gasteiger partial charge in [-0.15, -0.1) is 24.8 Å². The summed E-state index contributed by atoms with van der Waals surface area (Å²) >= 11 is 0. The number of rotatable bonds is 3. The molecule has 0 spiro atoms. The number of nitrogens with one attached hydrogen (secondary N) is 2. The highest BCUT2D eigenvalue weighted by Crippen LogP contribution is 2.23. The summed E-state index contributed by atoms with van der Waals surface area (Å²) in [5.41, 5.74) is 3.23. The second-order valence-corrected chi connectivity index (χ2v) is 5.94. The van der Waals surface area contributed by atoms with E-state index in [2.05, 4.69) is 40.6 Å². The molecule has 7 heteroatoms. The number of hydrogen-bond donors (Lipinski definition) is 2. The van der Waals surface area contributed by atoms with Gasteiger partial charge in [-0.05, 0) is 38.8 Å². The molecule has 3 rings (SSSR count). The van der Waals surface area contributed by atoms with Gasteiger partial charge >= 0.3 is 0 Å². The summed E-state index contributed by atoms with van der Waals surface area (Å²) in [6.45, 7) is 8.58. The lowest BCUT2D eigenvalue weighted by Gasteiger charge is -2.25. The van der Waals surface area contributed by atoms with Crippen molar-refractivity contribution in [1.82, 2.24) is 19.9 Å². The van der Waals surface area contributed by atoms with Crippen LogP contribution in [0.5, 0.6) is 0 Å². The summed E-state index contributed by atoms with van der Waals surface area (Å²) in [6, 6.07) is 2.61. The Morgan fingerprint density at radius 2 is 1.95 bits per heavy atom. The smallest absolute Gasteiger partial charge is 0.160 e. The maximum atomic E-state index is 4.66. The largest absolute Gasteiger partial charge is 0.367 e. The number of nitrogens with zero attached hydrogens (tertiary/aromatic N) is 3. The van der Waals surface area contributed by atoms with E-state index < -0.39 is 0 Å². The molecule has 1 aliphatic rings. The zero-order valence-corrected chi connectivity index (χ0v) is 14.9. The van der Waals surface area contributed by atoms with Crippen molar-refractivity contribution >= 4 is 36.3 Å². The van der Waals surface area contributed by atoms with Crippen molar-refractivity contribution in [2.75, 3.05) is 18.4 Å². The van der Waals surface area contributed by atoms with E-state index in [1.54, 1.807) is 0 Å². The van der Waals surface area contributed by atoms with Crippen molar-refractivity contribution in [3.05, 3.63) is 23.5 Å². The number of aryl methyl sites for hydroxylation is 1. The molecule has 0 amide bonds. The van der Waals surface area contributed by atoms with Crippen molar-refractivity contribution < 1.29 is 0 Å². The van der Waals surface area contributed by atoms with Crippen LogP contribution in [0.25, 0.3) is 5.65 Å². The molecule has 1 saturated heterocycles. The lowest BCUT2D eigenvalue weighted by Crippen LogP contribution is -2.35. The molecule has 0 bridgehead atoms. The van der Waals surface area contributed by atoms with E-state index in [-0.39, 0.29) is 24.8 Å². The predicted molar refractivity (Wildman–Crippen MR) is 95.8 cm³/mol. The predicted octanol–water partition coefficient (Wildman–Crippen LogP) is 3.17. The number of hydrogen-bond acceptors (Lipinski definition) is 4. The molecule has 22 heavy (non-hydrogen) atoms. The molecule has 0 unspecified atom stereocenters. The van der Waals surface area contributed by atoms with Crippen LogP contribution in [0.1, 0.15) is 43.9 Å². The van der Waals surface area contributed by atoms with E-state index in [4.69, 9.17) is 0 Å². The van der Waals surface area contributed by atoms with Crippen molar-refractivity contribution in [2.24, 2.45) is 0 Å². The van der Waals surface area contributed by atoms with E-state index in [9.17, 15) is 0 Å². The zero-order chi connectivity index (χ0) is 14.1. The number of aromatic nitrogens is 3. The third kappa shape index (κ3) is 3.83. The standard InChI is InChI=1S/C15H23N5.2ClH/c1-10(2)13-9-17-20-14(8-11(3)18-15(13)20)19-12-4-6-16-7-5-12;;/h8-10,12,16,19H,4-7H2,1-3H3;2*1H. The Hall–Kier alpha value is -1.04. The third-order valence-electron chi connectivity index (χ3n) is 3.94. The van der Waals surface area contributed by atoms with Gasteiger partial charge < -0.3 is 10.6 Å². The number of halogens is 2. The Labute approximate surface area is 144 Å². The monoisotopic (exact) mass is 345 g/mol. The van der Waals surface area contributed by atoms with Crippen LogP contribution < -0.4 is 10.6 Å². The van der Waals surface area contributed by atoms with Gasteiger partial charge in [0.1, 0.15) is 5.82 Å². The van der Waals surface area contributed by atoms with Gasteiger partial charge in [-0.2, -0.15) is 9.61 Å².